The zero-order valence-corrected chi connectivity index (χ0v) is 16.2. The smallest absolute Gasteiger partial charge is 0.338 e. The zero-order chi connectivity index (χ0) is 20.9. The van der Waals surface area contributed by atoms with Gasteiger partial charge in [-0.2, -0.15) is 0 Å². The molecule has 0 saturated carbocycles. The average Bonchev–Trinajstić information content (AvgIpc) is 2.65. The van der Waals surface area contributed by atoms with Crippen LogP contribution < -0.4 is 10.1 Å². The molecule has 10 heteroatoms. The molecule has 28 heavy (non-hydrogen) atoms. The number of hydrogen-bond acceptors (Lipinski definition) is 6. The van der Waals surface area contributed by atoms with E-state index in [0.717, 1.165) is 10.4 Å². The number of rotatable bonds is 7. The van der Waals surface area contributed by atoms with Crippen molar-refractivity contribution in [2.45, 2.75) is 4.90 Å². The zero-order valence-electron chi connectivity index (χ0n) is 15.4. The number of sulfonamides is 1. The summed E-state index contributed by atoms with van der Waals surface area (Å²) in [6.45, 7) is -0.650. The van der Waals surface area contributed by atoms with E-state index in [-0.39, 0.29) is 21.9 Å². The Morgan fingerprint density at radius 2 is 1.86 bits per heavy atom. The number of nitrogens with zero attached hydrogens (tertiary/aromatic N) is 1. The van der Waals surface area contributed by atoms with Gasteiger partial charge in [0.2, 0.25) is 10.0 Å². The van der Waals surface area contributed by atoms with E-state index in [9.17, 15) is 22.4 Å². The summed E-state index contributed by atoms with van der Waals surface area (Å²) in [7, 11) is 0.393. The number of halogens is 1. The molecular weight excluding hydrogens is 391 g/mol. The van der Waals surface area contributed by atoms with Crippen LogP contribution in [0.2, 0.25) is 0 Å². The first kappa shape index (κ1) is 21.3. The molecule has 0 heterocycles. The van der Waals surface area contributed by atoms with Crippen LogP contribution in [0.15, 0.2) is 47.4 Å². The Morgan fingerprint density at radius 3 is 2.46 bits per heavy atom. The van der Waals surface area contributed by atoms with Crippen molar-refractivity contribution in [2.75, 3.05) is 33.1 Å². The average molecular weight is 410 g/mol. The second-order valence-corrected chi connectivity index (χ2v) is 7.94. The van der Waals surface area contributed by atoms with Crippen molar-refractivity contribution in [2.24, 2.45) is 0 Å². The summed E-state index contributed by atoms with van der Waals surface area (Å²) in [6, 6.07) is 8.82. The van der Waals surface area contributed by atoms with Gasteiger partial charge in [0.25, 0.3) is 5.91 Å². The predicted octanol–water partition coefficient (Wildman–Crippen LogP) is 1.88. The van der Waals surface area contributed by atoms with Crippen molar-refractivity contribution >= 4 is 27.6 Å². The first-order valence-electron chi connectivity index (χ1n) is 7.98. The van der Waals surface area contributed by atoms with Gasteiger partial charge in [-0.3, -0.25) is 4.79 Å². The number of nitrogens with one attached hydrogen (secondary N) is 1. The highest BCUT2D eigenvalue weighted by Gasteiger charge is 2.20. The maximum atomic E-state index is 13.1. The molecule has 0 saturated heterocycles. The molecule has 0 bridgehead atoms. The van der Waals surface area contributed by atoms with Gasteiger partial charge in [0, 0.05) is 14.1 Å². The lowest BCUT2D eigenvalue weighted by Gasteiger charge is -2.15. The monoisotopic (exact) mass is 410 g/mol. The Bertz CT molecular complexity index is 991. The Hall–Kier alpha value is -2.98. The highest BCUT2D eigenvalue weighted by molar-refractivity contribution is 7.89. The standard InChI is InChI=1S/C18H19FN2O6S/c1-21(2)28(24,25)14-7-8-16(26-3)15(10-14)20-17(22)11-27-18(23)12-5-4-6-13(19)9-12/h4-10H,11H2,1-3H3,(H,20,22). The normalized spacial score (nSPS) is 11.2. The predicted molar refractivity (Wildman–Crippen MR) is 99.2 cm³/mol. The van der Waals surface area contributed by atoms with E-state index in [4.69, 9.17) is 9.47 Å². The van der Waals surface area contributed by atoms with E-state index in [1.54, 1.807) is 0 Å². The minimum Gasteiger partial charge on any atom is -0.495 e. The van der Waals surface area contributed by atoms with Crippen LogP contribution in [0.4, 0.5) is 10.1 Å². The molecule has 0 aliphatic heterocycles. The van der Waals surface area contributed by atoms with Gasteiger partial charge >= 0.3 is 5.97 Å². The van der Waals surface area contributed by atoms with E-state index in [1.165, 1.54) is 57.6 Å². The number of ether oxygens (including phenoxy) is 2. The van der Waals surface area contributed by atoms with Crippen LogP contribution in [0.5, 0.6) is 5.75 Å². The minimum absolute atomic E-state index is 0.0375. The molecule has 0 radical (unpaired) electrons. The number of carbonyl (C=O) groups excluding carboxylic acids is 2. The number of esters is 1. The molecule has 0 aromatic heterocycles. The first-order valence-corrected chi connectivity index (χ1v) is 9.42. The summed E-state index contributed by atoms with van der Waals surface area (Å²) in [5.74, 6) is -1.97. The van der Waals surface area contributed by atoms with E-state index < -0.39 is 34.3 Å². The quantitative estimate of drug-likeness (QED) is 0.700. The fraction of sp³-hybridized carbons (Fsp3) is 0.222. The van der Waals surface area contributed by atoms with Gasteiger partial charge in [-0.25, -0.2) is 21.9 Å². The van der Waals surface area contributed by atoms with Gasteiger partial charge in [0.05, 0.1) is 23.3 Å². The molecule has 0 aliphatic carbocycles. The number of anilines is 1. The molecule has 1 N–H and O–H groups in total. The van der Waals surface area contributed by atoms with Gasteiger partial charge in [-0.1, -0.05) is 6.07 Å². The summed E-state index contributed by atoms with van der Waals surface area (Å²) in [5.41, 5.74) is 0.0571. The molecule has 0 fully saturated rings. The number of amides is 1. The van der Waals surface area contributed by atoms with Crippen LogP contribution in [-0.2, 0) is 19.6 Å². The minimum atomic E-state index is -3.72. The van der Waals surface area contributed by atoms with Crippen molar-refractivity contribution in [3.63, 3.8) is 0 Å². The van der Waals surface area contributed by atoms with Crippen LogP contribution >= 0.6 is 0 Å². The number of carbonyl (C=O) groups is 2. The number of benzene rings is 2. The molecule has 2 aromatic carbocycles. The van der Waals surface area contributed by atoms with Crippen LogP contribution in [0.25, 0.3) is 0 Å². The maximum absolute atomic E-state index is 13.1. The van der Waals surface area contributed by atoms with Crippen molar-refractivity contribution in [3.05, 3.63) is 53.8 Å². The molecular formula is C18H19FN2O6S. The fourth-order valence-corrected chi connectivity index (χ4v) is 3.10. The summed E-state index contributed by atoms with van der Waals surface area (Å²) < 4.78 is 48.6. The lowest BCUT2D eigenvalue weighted by Crippen LogP contribution is -2.23. The molecule has 1 amide bonds. The molecule has 0 aliphatic rings. The van der Waals surface area contributed by atoms with E-state index in [2.05, 4.69) is 5.32 Å². The molecule has 8 nitrogen and oxygen atoms in total. The SMILES string of the molecule is COc1ccc(S(=O)(=O)N(C)C)cc1NC(=O)COC(=O)c1cccc(F)c1. The first-order chi connectivity index (χ1) is 13.1. The molecule has 2 rings (SSSR count). The molecule has 0 atom stereocenters. The van der Waals surface area contributed by atoms with Gasteiger partial charge < -0.3 is 14.8 Å². The number of methoxy groups -OCH3 is 1. The third-order valence-electron chi connectivity index (χ3n) is 3.62. The van der Waals surface area contributed by atoms with Crippen LogP contribution in [0.1, 0.15) is 10.4 Å². The Balaban J connectivity index is 2.11. The topological polar surface area (TPSA) is 102 Å². The summed E-state index contributed by atoms with van der Waals surface area (Å²) in [6.07, 6.45) is 0. The maximum Gasteiger partial charge on any atom is 0.338 e. The van der Waals surface area contributed by atoms with Crippen LogP contribution in [0, 0.1) is 5.82 Å². The molecule has 150 valence electrons. The van der Waals surface area contributed by atoms with Crippen molar-refractivity contribution in [1.29, 1.82) is 0 Å². The summed E-state index contributed by atoms with van der Waals surface area (Å²) in [4.78, 5) is 23.9. The molecule has 0 unspecified atom stereocenters. The lowest BCUT2D eigenvalue weighted by atomic mass is 10.2. The second-order valence-electron chi connectivity index (χ2n) is 5.78. The summed E-state index contributed by atoms with van der Waals surface area (Å²) >= 11 is 0. The van der Waals surface area contributed by atoms with E-state index in [1.807, 2.05) is 0 Å². The molecule has 2 aromatic rings. The van der Waals surface area contributed by atoms with Gasteiger partial charge in [-0.15, -0.1) is 0 Å². The lowest BCUT2D eigenvalue weighted by molar-refractivity contribution is -0.119. The van der Waals surface area contributed by atoms with Crippen molar-refractivity contribution in [1.82, 2.24) is 4.31 Å². The third-order valence-corrected chi connectivity index (χ3v) is 5.43. The Labute approximate surface area is 161 Å². The van der Waals surface area contributed by atoms with Crippen molar-refractivity contribution in [3.8, 4) is 5.75 Å². The largest absolute Gasteiger partial charge is 0.495 e. The Kier molecular flexibility index (Phi) is 6.71. The fourth-order valence-electron chi connectivity index (χ4n) is 2.17. The van der Waals surface area contributed by atoms with Gasteiger partial charge in [-0.05, 0) is 36.4 Å². The highest BCUT2D eigenvalue weighted by atomic mass is 32.2. The number of hydrogen-bond donors (Lipinski definition) is 1. The van der Waals surface area contributed by atoms with Gasteiger partial charge in [0.1, 0.15) is 11.6 Å². The Morgan fingerprint density at radius 1 is 1.14 bits per heavy atom. The van der Waals surface area contributed by atoms with E-state index >= 15 is 0 Å². The third kappa shape index (κ3) is 5.05. The second kappa shape index (κ2) is 8.81. The van der Waals surface area contributed by atoms with E-state index in [0.29, 0.717) is 0 Å². The highest BCUT2D eigenvalue weighted by Crippen LogP contribution is 2.28. The van der Waals surface area contributed by atoms with Crippen LogP contribution in [0.3, 0.4) is 0 Å². The van der Waals surface area contributed by atoms with Crippen LogP contribution in [-0.4, -0.2) is 52.4 Å². The van der Waals surface area contributed by atoms with Crippen molar-refractivity contribution < 1.29 is 31.9 Å². The van der Waals surface area contributed by atoms with Gasteiger partial charge in [0.15, 0.2) is 6.61 Å². The summed E-state index contributed by atoms with van der Waals surface area (Å²) in [5, 5.41) is 2.43. The molecule has 0 spiro atoms.